The van der Waals surface area contributed by atoms with Crippen LogP contribution in [0.3, 0.4) is 0 Å². The number of methoxy groups -OCH3 is 1. The van der Waals surface area contributed by atoms with Crippen LogP contribution < -0.4 is 4.74 Å². The van der Waals surface area contributed by atoms with Crippen LogP contribution in [0, 0.1) is 11.6 Å². The zero-order chi connectivity index (χ0) is 14.9. The lowest BCUT2D eigenvalue weighted by molar-refractivity contribution is 0.405. The minimum absolute atomic E-state index is 0.0785. The molecule has 106 valence electrons. The van der Waals surface area contributed by atoms with E-state index in [1.54, 1.807) is 6.07 Å². The molecule has 0 saturated carbocycles. The Labute approximate surface area is 130 Å². The van der Waals surface area contributed by atoms with Crippen molar-refractivity contribution in [3.63, 3.8) is 0 Å². The van der Waals surface area contributed by atoms with E-state index in [2.05, 4.69) is 0 Å². The third-order valence-corrected chi connectivity index (χ3v) is 3.79. The maximum Gasteiger partial charge on any atom is 0.134 e. The molecule has 0 bridgehead atoms. The number of halogens is 5. The van der Waals surface area contributed by atoms with Crippen molar-refractivity contribution in [3.05, 3.63) is 63.1 Å². The monoisotopic (exact) mass is 336 g/mol. The average Bonchev–Trinajstić information content (AvgIpc) is 2.37. The molecule has 1 nitrogen and oxygen atoms in total. The largest absolute Gasteiger partial charge is 0.497 e. The van der Waals surface area contributed by atoms with Crippen LogP contribution in [0.4, 0.5) is 8.78 Å². The Morgan fingerprint density at radius 1 is 1.05 bits per heavy atom. The summed E-state index contributed by atoms with van der Waals surface area (Å²) in [5, 5.41) is -0.406. The van der Waals surface area contributed by atoms with Crippen molar-refractivity contribution in [1.29, 1.82) is 0 Å². The second kappa shape index (κ2) is 6.17. The second-order valence-electron chi connectivity index (χ2n) is 4.03. The minimum Gasteiger partial charge on any atom is -0.497 e. The highest BCUT2D eigenvalue weighted by Gasteiger charge is 2.23. The standard InChI is InChI=1S/C14H9Cl3F2O/c1-20-8-5-11(18)13(12(19)6-8)14(17)9-3-2-7(15)4-10(9)16/h2-6,14H,1H3. The molecule has 2 aromatic carbocycles. The number of ether oxygens (including phenoxy) is 1. The van der Waals surface area contributed by atoms with Gasteiger partial charge in [-0.2, -0.15) is 0 Å². The average molecular weight is 338 g/mol. The van der Waals surface area contributed by atoms with Crippen molar-refractivity contribution < 1.29 is 13.5 Å². The first kappa shape index (κ1) is 15.4. The van der Waals surface area contributed by atoms with Gasteiger partial charge >= 0.3 is 0 Å². The summed E-state index contributed by atoms with van der Waals surface area (Å²) in [4.78, 5) is 0. The molecule has 0 spiro atoms. The first-order valence-corrected chi connectivity index (χ1v) is 6.75. The van der Waals surface area contributed by atoms with Crippen molar-refractivity contribution >= 4 is 34.8 Å². The molecule has 0 N–H and O–H groups in total. The van der Waals surface area contributed by atoms with Crippen LogP contribution in [0.15, 0.2) is 30.3 Å². The minimum atomic E-state index is -1.06. The van der Waals surface area contributed by atoms with Crippen LogP contribution in [0.5, 0.6) is 5.75 Å². The lowest BCUT2D eigenvalue weighted by Gasteiger charge is -2.15. The first-order valence-electron chi connectivity index (χ1n) is 5.56. The van der Waals surface area contributed by atoms with Crippen molar-refractivity contribution in [2.24, 2.45) is 0 Å². The SMILES string of the molecule is COc1cc(F)c(C(Cl)c2ccc(Cl)cc2Cl)c(F)c1. The number of benzene rings is 2. The second-order valence-corrected chi connectivity index (χ2v) is 5.31. The Hall–Kier alpha value is -1.03. The lowest BCUT2D eigenvalue weighted by Crippen LogP contribution is -2.02. The Balaban J connectivity index is 2.50. The van der Waals surface area contributed by atoms with Crippen molar-refractivity contribution in [2.45, 2.75) is 5.38 Å². The van der Waals surface area contributed by atoms with E-state index >= 15 is 0 Å². The van der Waals surface area contributed by atoms with Gasteiger partial charge in [0.1, 0.15) is 17.4 Å². The van der Waals surface area contributed by atoms with Gasteiger partial charge in [0, 0.05) is 27.7 Å². The van der Waals surface area contributed by atoms with Gasteiger partial charge in [-0.15, -0.1) is 11.6 Å². The fourth-order valence-corrected chi connectivity index (χ4v) is 2.76. The Morgan fingerprint density at radius 3 is 2.15 bits per heavy atom. The van der Waals surface area contributed by atoms with Crippen molar-refractivity contribution in [1.82, 2.24) is 0 Å². The van der Waals surface area contributed by atoms with Gasteiger partial charge in [-0.3, -0.25) is 0 Å². The third kappa shape index (κ3) is 3.00. The molecule has 0 fully saturated rings. The van der Waals surface area contributed by atoms with Crippen LogP contribution in [0.1, 0.15) is 16.5 Å². The summed E-state index contributed by atoms with van der Waals surface area (Å²) in [5.74, 6) is -1.52. The fraction of sp³-hybridized carbons (Fsp3) is 0.143. The highest BCUT2D eigenvalue weighted by molar-refractivity contribution is 6.36. The molecule has 0 aliphatic carbocycles. The number of hydrogen-bond acceptors (Lipinski definition) is 1. The summed E-state index contributed by atoms with van der Waals surface area (Å²) >= 11 is 17.9. The highest BCUT2D eigenvalue weighted by Crippen LogP contribution is 2.38. The topological polar surface area (TPSA) is 9.23 Å². The number of alkyl halides is 1. The predicted octanol–water partition coefficient (Wildman–Crippen LogP) is 5.61. The molecule has 0 amide bonds. The Bertz CT molecular complexity index is 623. The molecule has 0 aliphatic rings. The van der Waals surface area contributed by atoms with Crippen LogP contribution in [0.2, 0.25) is 10.0 Å². The number of rotatable bonds is 3. The Kier molecular flexibility index (Phi) is 4.74. The van der Waals surface area contributed by atoms with Gasteiger partial charge in [-0.05, 0) is 17.7 Å². The van der Waals surface area contributed by atoms with E-state index in [1.165, 1.54) is 19.2 Å². The van der Waals surface area contributed by atoms with E-state index in [0.717, 1.165) is 12.1 Å². The molecule has 2 aromatic rings. The summed E-state index contributed by atoms with van der Waals surface area (Å²) in [7, 11) is 1.32. The Morgan fingerprint density at radius 2 is 1.65 bits per heavy atom. The summed E-state index contributed by atoms with van der Waals surface area (Å²) in [6, 6.07) is 6.69. The molecule has 0 aliphatic heterocycles. The van der Waals surface area contributed by atoms with E-state index < -0.39 is 17.0 Å². The smallest absolute Gasteiger partial charge is 0.134 e. The molecule has 6 heteroatoms. The van der Waals surface area contributed by atoms with E-state index in [9.17, 15) is 8.78 Å². The predicted molar refractivity (Wildman–Crippen MR) is 77.1 cm³/mol. The summed E-state index contributed by atoms with van der Waals surface area (Å²) in [6.07, 6.45) is 0. The van der Waals surface area contributed by atoms with E-state index in [4.69, 9.17) is 39.5 Å². The molecule has 1 unspecified atom stereocenters. The van der Waals surface area contributed by atoms with Gasteiger partial charge in [-0.25, -0.2) is 8.78 Å². The highest BCUT2D eigenvalue weighted by atomic mass is 35.5. The molecular weight excluding hydrogens is 329 g/mol. The summed E-state index contributed by atoms with van der Waals surface area (Å²) in [5.41, 5.74) is 0.0948. The van der Waals surface area contributed by atoms with Gasteiger partial charge in [0.05, 0.1) is 12.5 Å². The van der Waals surface area contributed by atoms with Gasteiger partial charge in [0.2, 0.25) is 0 Å². The summed E-state index contributed by atoms with van der Waals surface area (Å²) < 4.78 is 32.7. The van der Waals surface area contributed by atoms with Gasteiger partial charge in [-0.1, -0.05) is 29.3 Å². The van der Waals surface area contributed by atoms with E-state index in [1.807, 2.05) is 0 Å². The van der Waals surface area contributed by atoms with Crippen LogP contribution in [-0.2, 0) is 0 Å². The zero-order valence-electron chi connectivity index (χ0n) is 10.3. The molecule has 0 saturated heterocycles. The number of hydrogen-bond donors (Lipinski definition) is 0. The van der Waals surface area contributed by atoms with Gasteiger partial charge < -0.3 is 4.74 Å². The molecule has 1 atom stereocenters. The van der Waals surface area contributed by atoms with Crippen LogP contribution in [0.25, 0.3) is 0 Å². The molecule has 20 heavy (non-hydrogen) atoms. The normalized spacial score (nSPS) is 12.3. The molecule has 0 heterocycles. The van der Waals surface area contributed by atoms with Crippen molar-refractivity contribution in [2.75, 3.05) is 7.11 Å². The quantitative estimate of drug-likeness (QED) is 0.662. The van der Waals surface area contributed by atoms with Gasteiger partial charge in [0.25, 0.3) is 0 Å². The van der Waals surface area contributed by atoms with Gasteiger partial charge in [0.15, 0.2) is 0 Å². The molecule has 0 radical (unpaired) electrons. The molecule has 2 rings (SSSR count). The summed E-state index contributed by atoms with van der Waals surface area (Å²) in [6.45, 7) is 0. The van der Waals surface area contributed by atoms with E-state index in [0.29, 0.717) is 10.6 Å². The molecule has 0 aromatic heterocycles. The maximum absolute atomic E-state index is 14.0. The van der Waals surface area contributed by atoms with Crippen molar-refractivity contribution in [3.8, 4) is 5.75 Å². The van der Waals surface area contributed by atoms with E-state index in [-0.39, 0.29) is 16.3 Å². The molecular formula is C14H9Cl3F2O. The first-order chi connectivity index (χ1) is 9.43. The maximum atomic E-state index is 14.0. The third-order valence-electron chi connectivity index (χ3n) is 2.78. The lowest BCUT2D eigenvalue weighted by atomic mass is 10.0. The van der Waals surface area contributed by atoms with Crippen LogP contribution >= 0.6 is 34.8 Å². The fourth-order valence-electron chi connectivity index (χ4n) is 1.78. The van der Waals surface area contributed by atoms with Crippen LogP contribution in [-0.4, -0.2) is 7.11 Å². The zero-order valence-corrected chi connectivity index (χ0v) is 12.5.